The van der Waals surface area contributed by atoms with Crippen molar-refractivity contribution in [3.63, 3.8) is 0 Å². The number of hydrogen-bond acceptors (Lipinski definition) is 0. The van der Waals surface area contributed by atoms with Crippen LogP contribution in [0.15, 0.2) is 24.3 Å². The molecule has 0 nitrogen and oxygen atoms in total. The molecule has 0 aliphatic heterocycles. The molecule has 0 aliphatic rings. The minimum atomic E-state index is 0.804. The number of benzene rings is 1. The van der Waals surface area contributed by atoms with Crippen LogP contribution in [0.2, 0.25) is 0 Å². The van der Waals surface area contributed by atoms with Crippen molar-refractivity contribution >= 4 is 0 Å². The summed E-state index contributed by atoms with van der Waals surface area (Å²) in [5.74, 6) is 1.62. The molecule has 0 aromatic heterocycles. The first-order chi connectivity index (χ1) is 7.63. The first-order valence-electron chi connectivity index (χ1n) is 6.70. The van der Waals surface area contributed by atoms with Crippen molar-refractivity contribution in [2.75, 3.05) is 0 Å². The van der Waals surface area contributed by atoms with Crippen molar-refractivity contribution in [1.82, 2.24) is 0 Å². The fraction of sp³-hybridized carbons (Fsp3) is 0.625. The molecule has 0 fully saturated rings. The molecule has 0 spiro atoms. The van der Waals surface area contributed by atoms with E-state index in [0.717, 1.165) is 11.8 Å². The lowest BCUT2D eigenvalue weighted by Gasteiger charge is -2.16. The third kappa shape index (κ3) is 4.38. The maximum Gasteiger partial charge on any atom is -0.0250 e. The molecule has 1 aromatic carbocycles. The van der Waals surface area contributed by atoms with Crippen molar-refractivity contribution in [1.29, 1.82) is 0 Å². The van der Waals surface area contributed by atoms with Gasteiger partial charge in [0.2, 0.25) is 0 Å². The van der Waals surface area contributed by atoms with Crippen LogP contribution in [0.5, 0.6) is 0 Å². The highest BCUT2D eigenvalue weighted by Crippen LogP contribution is 2.20. The van der Waals surface area contributed by atoms with E-state index in [1.807, 2.05) is 0 Å². The molecule has 0 bridgehead atoms. The minimum absolute atomic E-state index is 0.804. The molecule has 1 unspecified atom stereocenters. The Hall–Kier alpha value is -0.780. The Balaban J connectivity index is 2.64. The molecule has 0 N–H and O–H groups in total. The van der Waals surface area contributed by atoms with E-state index in [1.54, 1.807) is 11.1 Å². The molecule has 90 valence electrons. The quantitative estimate of drug-likeness (QED) is 0.639. The van der Waals surface area contributed by atoms with Crippen LogP contribution in [0.1, 0.15) is 51.7 Å². The van der Waals surface area contributed by atoms with Crippen LogP contribution in [0.25, 0.3) is 0 Å². The van der Waals surface area contributed by atoms with Crippen molar-refractivity contribution in [3.8, 4) is 0 Å². The number of hydrogen-bond donors (Lipinski definition) is 0. The monoisotopic (exact) mass is 218 g/mol. The second-order valence-electron chi connectivity index (χ2n) is 5.46. The molecule has 0 saturated heterocycles. The second kappa shape index (κ2) is 6.73. The maximum atomic E-state index is 2.38. The fourth-order valence-corrected chi connectivity index (χ4v) is 2.53. The van der Waals surface area contributed by atoms with Gasteiger partial charge >= 0.3 is 0 Å². The van der Waals surface area contributed by atoms with Gasteiger partial charge < -0.3 is 0 Å². The zero-order valence-corrected chi connectivity index (χ0v) is 11.3. The van der Waals surface area contributed by atoms with Crippen LogP contribution in [-0.4, -0.2) is 0 Å². The summed E-state index contributed by atoms with van der Waals surface area (Å²) in [6, 6.07) is 8.95. The second-order valence-corrected chi connectivity index (χ2v) is 5.46. The summed E-state index contributed by atoms with van der Waals surface area (Å²) in [6.07, 6.45) is 5.05. The van der Waals surface area contributed by atoms with Gasteiger partial charge in [-0.1, -0.05) is 58.4 Å². The van der Waals surface area contributed by atoms with Gasteiger partial charge in [0.05, 0.1) is 0 Å². The molecule has 1 aromatic rings. The molecule has 1 atom stereocenters. The lowest BCUT2D eigenvalue weighted by atomic mass is 9.90. The Morgan fingerprint density at radius 3 is 2.19 bits per heavy atom. The fourth-order valence-electron chi connectivity index (χ4n) is 2.53. The Bertz CT molecular complexity index is 299. The Morgan fingerprint density at radius 1 is 1.00 bits per heavy atom. The van der Waals surface area contributed by atoms with E-state index in [9.17, 15) is 0 Å². The van der Waals surface area contributed by atoms with E-state index in [4.69, 9.17) is 0 Å². The van der Waals surface area contributed by atoms with Gasteiger partial charge in [-0.2, -0.15) is 0 Å². The standard InChI is InChI=1S/C16H26/c1-5-8-15-9-6-7-10-16(15)12-14(4)11-13(2)3/h6-7,9-10,13-14H,5,8,11-12H2,1-4H3. The highest BCUT2D eigenvalue weighted by Gasteiger charge is 2.08. The smallest absolute Gasteiger partial charge is 0.0250 e. The average Bonchev–Trinajstić information content (AvgIpc) is 2.20. The van der Waals surface area contributed by atoms with Crippen LogP contribution in [0, 0.1) is 11.8 Å². The third-order valence-electron chi connectivity index (χ3n) is 3.08. The molecule has 0 aliphatic carbocycles. The van der Waals surface area contributed by atoms with Crippen LogP contribution in [-0.2, 0) is 12.8 Å². The van der Waals surface area contributed by atoms with Gasteiger partial charge in [0, 0.05) is 0 Å². The van der Waals surface area contributed by atoms with E-state index in [0.29, 0.717) is 0 Å². The zero-order valence-electron chi connectivity index (χ0n) is 11.3. The molecule has 0 heterocycles. The minimum Gasteiger partial charge on any atom is -0.0651 e. The average molecular weight is 218 g/mol. The summed E-state index contributed by atoms with van der Waals surface area (Å²) < 4.78 is 0. The number of aryl methyl sites for hydroxylation is 1. The first-order valence-corrected chi connectivity index (χ1v) is 6.70. The van der Waals surface area contributed by atoms with Crippen molar-refractivity contribution < 1.29 is 0 Å². The molecule has 0 heteroatoms. The van der Waals surface area contributed by atoms with E-state index in [-0.39, 0.29) is 0 Å². The normalized spacial score (nSPS) is 13.1. The van der Waals surface area contributed by atoms with E-state index < -0.39 is 0 Å². The summed E-state index contributed by atoms with van der Waals surface area (Å²) in [5.41, 5.74) is 3.12. The van der Waals surface area contributed by atoms with E-state index >= 15 is 0 Å². The van der Waals surface area contributed by atoms with Gasteiger partial charge in [-0.15, -0.1) is 0 Å². The van der Waals surface area contributed by atoms with E-state index in [1.165, 1.54) is 25.7 Å². The Morgan fingerprint density at radius 2 is 1.62 bits per heavy atom. The van der Waals surface area contributed by atoms with Crippen LogP contribution >= 0.6 is 0 Å². The summed E-state index contributed by atoms with van der Waals surface area (Å²) in [4.78, 5) is 0. The Kier molecular flexibility index (Phi) is 5.59. The maximum absolute atomic E-state index is 2.38. The predicted molar refractivity (Wildman–Crippen MR) is 72.8 cm³/mol. The molecule has 0 radical (unpaired) electrons. The van der Waals surface area contributed by atoms with Gasteiger partial charge in [0.1, 0.15) is 0 Å². The SMILES string of the molecule is CCCc1ccccc1CC(C)CC(C)C. The Labute approximate surface area is 101 Å². The first kappa shape index (κ1) is 13.3. The molecule has 16 heavy (non-hydrogen) atoms. The van der Waals surface area contributed by atoms with Gasteiger partial charge in [-0.25, -0.2) is 0 Å². The van der Waals surface area contributed by atoms with Gasteiger partial charge in [-0.05, 0) is 42.2 Å². The van der Waals surface area contributed by atoms with Gasteiger partial charge in [-0.3, -0.25) is 0 Å². The molecular formula is C16H26. The topological polar surface area (TPSA) is 0 Å². The molecular weight excluding hydrogens is 192 g/mol. The predicted octanol–water partition coefficient (Wildman–Crippen LogP) is 4.86. The number of rotatable bonds is 6. The van der Waals surface area contributed by atoms with Crippen molar-refractivity contribution in [2.24, 2.45) is 11.8 Å². The lowest BCUT2D eigenvalue weighted by molar-refractivity contribution is 0.436. The van der Waals surface area contributed by atoms with E-state index in [2.05, 4.69) is 52.0 Å². The summed E-state index contributed by atoms with van der Waals surface area (Å²) in [6.45, 7) is 9.26. The molecule has 1 rings (SSSR count). The van der Waals surface area contributed by atoms with Crippen molar-refractivity contribution in [3.05, 3.63) is 35.4 Å². The van der Waals surface area contributed by atoms with Crippen LogP contribution in [0.4, 0.5) is 0 Å². The summed E-state index contributed by atoms with van der Waals surface area (Å²) in [5, 5.41) is 0. The highest BCUT2D eigenvalue weighted by atomic mass is 14.1. The van der Waals surface area contributed by atoms with Gasteiger partial charge in [0.25, 0.3) is 0 Å². The molecule has 0 amide bonds. The summed E-state index contributed by atoms with van der Waals surface area (Å²) >= 11 is 0. The third-order valence-corrected chi connectivity index (χ3v) is 3.08. The lowest BCUT2D eigenvalue weighted by Crippen LogP contribution is -2.05. The summed E-state index contributed by atoms with van der Waals surface area (Å²) in [7, 11) is 0. The zero-order chi connectivity index (χ0) is 12.0. The van der Waals surface area contributed by atoms with Crippen molar-refractivity contribution in [2.45, 2.75) is 53.4 Å². The van der Waals surface area contributed by atoms with Crippen LogP contribution < -0.4 is 0 Å². The van der Waals surface area contributed by atoms with Crippen LogP contribution in [0.3, 0.4) is 0 Å². The molecule has 0 saturated carbocycles. The highest BCUT2D eigenvalue weighted by molar-refractivity contribution is 5.27. The van der Waals surface area contributed by atoms with Gasteiger partial charge in [0.15, 0.2) is 0 Å². The largest absolute Gasteiger partial charge is 0.0651 e.